The number of amides is 1. The lowest BCUT2D eigenvalue weighted by molar-refractivity contribution is 0.0689. The molecule has 1 saturated heterocycles. The number of aromatic nitrogens is 1. The highest BCUT2D eigenvalue weighted by Gasteiger charge is 2.35. The molecular weight excluding hydrogens is 641 g/mol. The van der Waals surface area contributed by atoms with Crippen LogP contribution in [0.25, 0.3) is 0 Å². The van der Waals surface area contributed by atoms with Crippen LogP contribution in [-0.4, -0.2) is 65.1 Å². The van der Waals surface area contributed by atoms with Gasteiger partial charge in [0, 0.05) is 42.9 Å². The van der Waals surface area contributed by atoms with Gasteiger partial charge in [-0.3, -0.25) is 9.59 Å². The zero-order valence-electron chi connectivity index (χ0n) is 28.6. The van der Waals surface area contributed by atoms with Crippen LogP contribution in [0.4, 0.5) is 5.69 Å². The summed E-state index contributed by atoms with van der Waals surface area (Å²) in [5.41, 5.74) is 9.62. The van der Waals surface area contributed by atoms with Crippen molar-refractivity contribution in [3.8, 4) is 0 Å². The third-order valence-corrected chi connectivity index (χ3v) is 10.8. The van der Waals surface area contributed by atoms with E-state index < -0.39 is 22.0 Å². The molecule has 5 rings (SSSR count). The molecule has 3 atom stereocenters. The van der Waals surface area contributed by atoms with Gasteiger partial charge in [-0.15, -0.1) is 0 Å². The molecule has 1 aliphatic rings. The molecule has 260 valence electrons. The largest absolute Gasteiger partial charge is 0.446 e. The van der Waals surface area contributed by atoms with Crippen LogP contribution < -0.4 is 5.73 Å². The van der Waals surface area contributed by atoms with E-state index in [0.717, 1.165) is 23.2 Å². The van der Waals surface area contributed by atoms with Crippen LogP contribution in [0, 0.1) is 25.7 Å². The van der Waals surface area contributed by atoms with Gasteiger partial charge in [-0.25, -0.2) is 13.4 Å². The Balaban J connectivity index is 1.40. The lowest BCUT2D eigenvalue weighted by Gasteiger charge is -2.30. The molecule has 0 saturated carbocycles. The van der Waals surface area contributed by atoms with Gasteiger partial charge in [-0.1, -0.05) is 61.9 Å². The Labute approximate surface area is 289 Å². The first kappa shape index (κ1) is 36.0. The second-order valence-corrected chi connectivity index (χ2v) is 15.4. The lowest BCUT2D eigenvalue weighted by Crippen LogP contribution is -2.43. The number of hydrogen-bond acceptors (Lipinski definition) is 8. The number of nitrogen functional groups attached to an aromatic ring is 1. The number of nitrogens with two attached hydrogens (primary N) is 1. The molecule has 11 heteroatoms. The molecule has 3 N–H and O–H groups in total. The maximum Gasteiger partial charge on any atom is 0.254 e. The molecule has 49 heavy (non-hydrogen) atoms. The van der Waals surface area contributed by atoms with E-state index in [9.17, 15) is 23.1 Å². The summed E-state index contributed by atoms with van der Waals surface area (Å²) in [5, 5.41) is 11.7. The van der Waals surface area contributed by atoms with Crippen molar-refractivity contribution in [2.45, 2.75) is 70.4 Å². The van der Waals surface area contributed by atoms with Crippen LogP contribution in [0.2, 0.25) is 0 Å². The molecule has 4 aromatic rings. The van der Waals surface area contributed by atoms with Gasteiger partial charge in [0.1, 0.15) is 12.3 Å². The van der Waals surface area contributed by atoms with Gasteiger partial charge in [-0.2, -0.15) is 4.31 Å². The summed E-state index contributed by atoms with van der Waals surface area (Å²) >= 11 is 0. The lowest BCUT2D eigenvalue weighted by atomic mass is 9.87. The molecular formula is C38H46N4O6S. The molecule has 1 amide bonds. The molecule has 1 aliphatic heterocycles. The highest BCUT2D eigenvalue weighted by molar-refractivity contribution is 7.89. The van der Waals surface area contributed by atoms with Crippen molar-refractivity contribution < 1.29 is 27.5 Å². The standard InChI is InChI=1S/C38H46N4O6S/c1-25(2)22-41(49(46,47)33-14-12-26(3)13-15-33)23-36(44)29(17-28-9-6-5-7-10-28)21-35(43)30-18-31(20-32(39)19-30)38(45)42-16-8-11-34(42)37-40-27(4)24-48-37/h5-7,9-10,12-15,18-20,24-25,29,34,36,44H,8,11,16-17,21-23,39H2,1-4H3/t29-,34?,36-/m1/s1. The van der Waals surface area contributed by atoms with Crippen molar-refractivity contribution in [3.63, 3.8) is 0 Å². The second-order valence-electron chi connectivity index (χ2n) is 13.5. The number of ketones is 1. The molecule has 1 unspecified atom stereocenters. The Morgan fingerprint density at radius 1 is 1.02 bits per heavy atom. The van der Waals surface area contributed by atoms with Crippen molar-refractivity contribution in [2.75, 3.05) is 25.4 Å². The first-order chi connectivity index (χ1) is 23.3. The number of Topliss-reactive ketones (excluding diaryl/α,β-unsaturated/α-hetero) is 1. The number of carbonyl (C=O) groups excluding carboxylic acids is 2. The Morgan fingerprint density at radius 2 is 1.71 bits per heavy atom. The van der Waals surface area contributed by atoms with Gasteiger partial charge >= 0.3 is 0 Å². The third-order valence-electron chi connectivity index (χ3n) is 8.91. The fraction of sp³-hybridized carbons (Fsp3) is 0.395. The number of aryl methyl sites for hydroxylation is 2. The van der Waals surface area contributed by atoms with Crippen LogP contribution in [0.15, 0.2) is 88.4 Å². The van der Waals surface area contributed by atoms with Crippen molar-refractivity contribution >= 4 is 27.4 Å². The van der Waals surface area contributed by atoms with Crippen LogP contribution in [-0.2, 0) is 16.4 Å². The predicted molar refractivity (Wildman–Crippen MR) is 188 cm³/mol. The summed E-state index contributed by atoms with van der Waals surface area (Å²) in [6.45, 7) is 8.09. The molecule has 10 nitrogen and oxygen atoms in total. The van der Waals surface area contributed by atoms with Gasteiger partial charge in [0.15, 0.2) is 5.78 Å². The fourth-order valence-corrected chi connectivity index (χ4v) is 8.03. The van der Waals surface area contributed by atoms with Gasteiger partial charge in [0.2, 0.25) is 15.9 Å². The van der Waals surface area contributed by atoms with E-state index in [2.05, 4.69) is 4.98 Å². The van der Waals surface area contributed by atoms with Gasteiger partial charge < -0.3 is 20.2 Å². The second kappa shape index (κ2) is 15.5. The summed E-state index contributed by atoms with van der Waals surface area (Å²) in [6, 6.07) is 20.5. The molecule has 0 bridgehead atoms. The van der Waals surface area contributed by atoms with E-state index in [1.807, 2.05) is 58.0 Å². The molecule has 0 aliphatic carbocycles. The highest BCUT2D eigenvalue weighted by Crippen LogP contribution is 2.33. The van der Waals surface area contributed by atoms with Crippen molar-refractivity contribution in [2.24, 2.45) is 11.8 Å². The minimum Gasteiger partial charge on any atom is -0.446 e. The van der Waals surface area contributed by atoms with E-state index >= 15 is 0 Å². The number of anilines is 1. The number of carbonyl (C=O) groups is 2. The fourth-order valence-electron chi connectivity index (χ4n) is 6.41. The summed E-state index contributed by atoms with van der Waals surface area (Å²) in [7, 11) is -3.93. The quantitative estimate of drug-likeness (QED) is 0.122. The number of aliphatic hydroxyl groups is 1. The van der Waals surface area contributed by atoms with Gasteiger partial charge in [0.25, 0.3) is 5.91 Å². The Kier molecular flexibility index (Phi) is 11.4. The topological polar surface area (TPSA) is 147 Å². The highest BCUT2D eigenvalue weighted by atomic mass is 32.2. The van der Waals surface area contributed by atoms with Crippen LogP contribution in [0.5, 0.6) is 0 Å². The van der Waals surface area contributed by atoms with Crippen molar-refractivity contribution in [3.05, 3.63) is 113 Å². The normalized spacial score (nSPS) is 16.3. The van der Waals surface area contributed by atoms with E-state index in [1.54, 1.807) is 47.6 Å². The minimum atomic E-state index is -3.93. The summed E-state index contributed by atoms with van der Waals surface area (Å²) in [4.78, 5) is 34.0. The third kappa shape index (κ3) is 8.83. The zero-order valence-corrected chi connectivity index (χ0v) is 29.4. The van der Waals surface area contributed by atoms with Gasteiger partial charge in [0.05, 0.1) is 16.7 Å². The number of hydrogen-bond donors (Lipinski definition) is 2. The first-order valence-corrected chi connectivity index (χ1v) is 18.2. The summed E-state index contributed by atoms with van der Waals surface area (Å²) < 4.78 is 34.5. The average molecular weight is 687 g/mol. The van der Waals surface area contributed by atoms with Crippen LogP contribution >= 0.6 is 0 Å². The van der Waals surface area contributed by atoms with Crippen LogP contribution in [0.3, 0.4) is 0 Å². The Hall–Kier alpha value is -4.32. The van der Waals surface area contributed by atoms with E-state index in [1.165, 1.54) is 10.4 Å². The monoisotopic (exact) mass is 686 g/mol. The average Bonchev–Trinajstić information content (AvgIpc) is 3.73. The van der Waals surface area contributed by atoms with Crippen molar-refractivity contribution in [1.82, 2.24) is 14.2 Å². The Morgan fingerprint density at radius 3 is 2.37 bits per heavy atom. The smallest absolute Gasteiger partial charge is 0.254 e. The molecule has 2 heterocycles. The maximum atomic E-state index is 14.0. The van der Waals surface area contributed by atoms with E-state index in [-0.39, 0.29) is 64.9 Å². The summed E-state index contributed by atoms with van der Waals surface area (Å²) in [6.07, 6.45) is 2.15. The number of nitrogens with zero attached hydrogens (tertiary/aromatic N) is 3. The zero-order chi connectivity index (χ0) is 35.3. The molecule has 1 aromatic heterocycles. The number of oxazole rings is 1. The number of benzene rings is 3. The van der Waals surface area contributed by atoms with Crippen LogP contribution in [0.1, 0.15) is 82.6 Å². The molecule has 3 aromatic carbocycles. The Bertz CT molecular complexity index is 1860. The molecule has 1 fully saturated rings. The minimum absolute atomic E-state index is 0.00678. The number of likely N-dealkylation sites (tertiary alicyclic amines) is 1. The van der Waals surface area contributed by atoms with E-state index in [4.69, 9.17) is 10.2 Å². The first-order valence-electron chi connectivity index (χ1n) is 16.8. The SMILES string of the molecule is Cc1ccc(S(=O)(=O)N(CC(C)C)C[C@@H](O)[C@@H](CC(=O)c2cc(N)cc(C(=O)N3CCCC3c3nc(C)co3)c2)Cc2ccccc2)cc1. The van der Waals surface area contributed by atoms with Crippen molar-refractivity contribution in [1.29, 1.82) is 0 Å². The summed E-state index contributed by atoms with van der Waals surface area (Å²) in [5.74, 6) is -0.731. The van der Waals surface area contributed by atoms with Gasteiger partial charge in [-0.05, 0) is 80.8 Å². The van der Waals surface area contributed by atoms with E-state index in [0.29, 0.717) is 25.3 Å². The predicted octanol–water partition coefficient (Wildman–Crippen LogP) is 5.99. The maximum absolute atomic E-state index is 14.0. The molecule has 0 spiro atoms. The number of rotatable bonds is 14. The number of sulfonamides is 1. The molecule has 0 radical (unpaired) electrons. The number of aliphatic hydroxyl groups excluding tert-OH is 1.